The summed E-state index contributed by atoms with van der Waals surface area (Å²) in [5.41, 5.74) is 2.94. The van der Waals surface area contributed by atoms with Gasteiger partial charge in [-0.25, -0.2) is 0 Å². The number of aryl methyl sites for hydroxylation is 2. The molecule has 3 nitrogen and oxygen atoms in total. The first-order valence-corrected chi connectivity index (χ1v) is 4.81. The van der Waals surface area contributed by atoms with Crippen molar-refractivity contribution < 1.29 is 9.59 Å². The average molecular weight is 204 g/mol. The van der Waals surface area contributed by atoms with Crippen molar-refractivity contribution in [3.63, 3.8) is 0 Å². The molecule has 15 heavy (non-hydrogen) atoms. The molecule has 1 rings (SSSR count). The van der Waals surface area contributed by atoms with Crippen LogP contribution in [0.4, 0.5) is 0 Å². The molecule has 1 N–H and O–H groups in total. The quantitative estimate of drug-likeness (QED) is 0.578. The van der Waals surface area contributed by atoms with Gasteiger partial charge in [0.25, 0.3) is 0 Å². The Kier molecular flexibility index (Phi) is 4.18. The van der Waals surface area contributed by atoms with Gasteiger partial charge in [0.05, 0.1) is 13.1 Å². The second kappa shape index (κ2) is 5.41. The maximum atomic E-state index is 11.6. The Bertz CT molecular complexity index is 372. The van der Waals surface area contributed by atoms with Gasteiger partial charge in [0.15, 0.2) is 5.78 Å². The molecule has 0 aliphatic rings. The van der Waals surface area contributed by atoms with E-state index in [0.29, 0.717) is 5.56 Å². The monoisotopic (exact) mass is 204 g/mol. The summed E-state index contributed by atoms with van der Waals surface area (Å²) in [6.45, 7) is 4.25. The molecule has 0 bridgehead atoms. The molecule has 0 heterocycles. The summed E-state index contributed by atoms with van der Waals surface area (Å²) >= 11 is 0. The van der Waals surface area contributed by atoms with Crippen LogP contribution in [0.15, 0.2) is 18.2 Å². The summed E-state index contributed by atoms with van der Waals surface area (Å²) in [6.07, 6.45) is 1.68. The molecule has 0 saturated carbocycles. The Morgan fingerprint density at radius 3 is 2.67 bits per heavy atom. The van der Waals surface area contributed by atoms with Crippen LogP contribution in [0.25, 0.3) is 0 Å². The van der Waals surface area contributed by atoms with Crippen molar-refractivity contribution in [3.05, 3.63) is 34.9 Å². The third kappa shape index (κ3) is 3.29. The van der Waals surface area contributed by atoms with Gasteiger partial charge in [-0.3, -0.25) is 9.59 Å². The Balaban J connectivity index is 2.65. The number of ketones is 1. The van der Waals surface area contributed by atoms with E-state index in [1.165, 1.54) is 5.56 Å². The molecule has 0 aromatic heterocycles. The zero-order valence-electron chi connectivity index (χ0n) is 8.96. The molecule has 1 aromatic carbocycles. The summed E-state index contributed by atoms with van der Waals surface area (Å²) in [6, 6.07) is 5.59. The van der Waals surface area contributed by atoms with Crippen molar-refractivity contribution in [2.75, 3.05) is 13.1 Å². The van der Waals surface area contributed by atoms with Crippen LogP contribution in [0, 0.1) is 13.8 Å². The van der Waals surface area contributed by atoms with Crippen LogP contribution >= 0.6 is 0 Å². The minimum absolute atomic E-state index is 0.00616. The zero-order valence-corrected chi connectivity index (χ0v) is 8.96. The molecule has 0 amide bonds. The number of hydrogen-bond acceptors (Lipinski definition) is 3. The molecule has 3 heteroatoms. The molecule has 0 aliphatic carbocycles. The van der Waals surface area contributed by atoms with Gasteiger partial charge in [-0.1, -0.05) is 12.1 Å². The lowest BCUT2D eigenvalue weighted by molar-refractivity contribution is 0.0992. The Morgan fingerprint density at radius 1 is 1.33 bits per heavy atom. The average Bonchev–Trinajstić information content (AvgIpc) is 2.22. The van der Waals surface area contributed by atoms with E-state index in [0.717, 1.165) is 5.56 Å². The van der Waals surface area contributed by atoms with Crippen molar-refractivity contribution in [1.29, 1.82) is 0 Å². The van der Waals surface area contributed by atoms with Gasteiger partial charge in [0, 0.05) is 5.56 Å². The Hall–Kier alpha value is -1.48. The van der Waals surface area contributed by atoms with Crippen molar-refractivity contribution in [2.45, 2.75) is 13.8 Å². The number of Topliss-reactive ketones (excluding diaryl/α,β-unsaturated/α-hetero) is 1. The van der Waals surface area contributed by atoms with Crippen LogP contribution in [0.5, 0.6) is 0 Å². The first-order chi connectivity index (χ1) is 7.15. The SMILES string of the molecule is Cc1ccc(C(=O)CNC[C]=O)cc1C. The third-order valence-corrected chi connectivity index (χ3v) is 2.31. The van der Waals surface area contributed by atoms with Crippen LogP contribution in [-0.4, -0.2) is 25.2 Å². The summed E-state index contributed by atoms with van der Waals surface area (Å²) in [5.74, 6) is -0.00616. The van der Waals surface area contributed by atoms with Gasteiger partial charge in [-0.2, -0.15) is 0 Å². The highest BCUT2D eigenvalue weighted by Gasteiger charge is 2.05. The number of carbonyl (C=O) groups is 1. The minimum Gasteiger partial charge on any atom is -0.302 e. The highest BCUT2D eigenvalue weighted by molar-refractivity contribution is 5.97. The van der Waals surface area contributed by atoms with Crippen LogP contribution < -0.4 is 5.32 Å². The molecular formula is C12H14NO2. The number of nitrogens with one attached hydrogen (secondary N) is 1. The summed E-state index contributed by atoms with van der Waals surface area (Å²) in [5, 5.41) is 2.69. The maximum Gasteiger partial charge on any atom is 0.213 e. The van der Waals surface area contributed by atoms with E-state index in [4.69, 9.17) is 0 Å². The molecule has 0 aliphatic heterocycles. The van der Waals surface area contributed by atoms with Gasteiger partial charge in [-0.05, 0) is 31.0 Å². The predicted octanol–water partition coefficient (Wildman–Crippen LogP) is 1.19. The predicted molar refractivity (Wildman–Crippen MR) is 58.8 cm³/mol. The van der Waals surface area contributed by atoms with Gasteiger partial charge < -0.3 is 5.32 Å². The lowest BCUT2D eigenvalue weighted by Crippen LogP contribution is -2.24. The number of hydrogen-bond donors (Lipinski definition) is 1. The lowest BCUT2D eigenvalue weighted by atomic mass is 10.0. The van der Waals surface area contributed by atoms with E-state index < -0.39 is 0 Å². The normalized spacial score (nSPS) is 10.0. The van der Waals surface area contributed by atoms with E-state index in [1.807, 2.05) is 26.0 Å². The molecule has 1 aromatic rings. The molecule has 0 unspecified atom stereocenters. The van der Waals surface area contributed by atoms with Crippen molar-refractivity contribution in [1.82, 2.24) is 5.32 Å². The topological polar surface area (TPSA) is 46.2 Å². The fourth-order valence-corrected chi connectivity index (χ4v) is 1.24. The van der Waals surface area contributed by atoms with E-state index in [1.54, 1.807) is 12.4 Å². The smallest absolute Gasteiger partial charge is 0.213 e. The summed E-state index contributed by atoms with van der Waals surface area (Å²) in [7, 11) is 0. The van der Waals surface area contributed by atoms with Gasteiger partial charge in [0.1, 0.15) is 0 Å². The second-order valence-electron chi connectivity index (χ2n) is 3.47. The van der Waals surface area contributed by atoms with Crippen LogP contribution in [0.3, 0.4) is 0 Å². The van der Waals surface area contributed by atoms with Gasteiger partial charge in [0.2, 0.25) is 6.29 Å². The third-order valence-electron chi connectivity index (χ3n) is 2.31. The highest BCUT2D eigenvalue weighted by Crippen LogP contribution is 2.09. The zero-order chi connectivity index (χ0) is 11.3. The van der Waals surface area contributed by atoms with E-state index in [2.05, 4.69) is 5.32 Å². The number of carbonyl (C=O) groups excluding carboxylic acids is 2. The summed E-state index contributed by atoms with van der Waals surface area (Å²) in [4.78, 5) is 21.5. The second-order valence-corrected chi connectivity index (χ2v) is 3.47. The van der Waals surface area contributed by atoms with Crippen LogP contribution in [0.2, 0.25) is 0 Å². The molecule has 0 spiro atoms. The number of rotatable bonds is 5. The largest absolute Gasteiger partial charge is 0.302 e. The fourth-order valence-electron chi connectivity index (χ4n) is 1.24. The van der Waals surface area contributed by atoms with Crippen LogP contribution in [0.1, 0.15) is 21.5 Å². The van der Waals surface area contributed by atoms with Crippen molar-refractivity contribution in [3.8, 4) is 0 Å². The van der Waals surface area contributed by atoms with Gasteiger partial charge in [-0.15, -0.1) is 0 Å². The number of benzene rings is 1. The Labute approximate surface area is 89.5 Å². The molecule has 0 saturated heterocycles. The molecular weight excluding hydrogens is 190 g/mol. The molecule has 0 fully saturated rings. The van der Waals surface area contributed by atoms with Crippen LogP contribution in [-0.2, 0) is 4.79 Å². The maximum absolute atomic E-state index is 11.6. The minimum atomic E-state index is -0.00616. The first-order valence-electron chi connectivity index (χ1n) is 4.81. The van der Waals surface area contributed by atoms with E-state index >= 15 is 0 Å². The molecule has 79 valence electrons. The van der Waals surface area contributed by atoms with E-state index in [-0.39, 0.29) is 18.9 Å². The van der Waals surface area contributed by atoms with Gasteiger partial charge >= 0.3 is 0 Å². The van der Waals surface area contributed by atoms with Crippen molar-refractivity contribution >= 4 is 12.1 Å². The molecule has 1 radical (unpaired) electrons. The first kappa shape index (κ1) is 11.6. The highest BCUT2D eigenvalue weighted by atomic mass is 16.1. The molecule has 0 atom stereocenters. The fraction of sp³-hybridized carbons (Fsp3) is 0.333. The standard InChI is InChI=1S/C12H14NO2/c1-9-3-4-11(7-10(9)2)12(15)8-13-5-6-14/h3-4,7,13H,5,8H2,1-2H3. The van der Waals surface area contributed by atoms with Crippen molar-refractivity contribution in [2.24, 2.45) is 0 Å². The lowest BCUT2D eigenvalue weighted by Gasteiger charge is -2.04. The van der Waals surface area contributed by atoms with E-state index in [9.17, 15) is 9.59 Å². The summed E-state index contributed by atoms with van der Waals surface area (Å²) < 4.78 is 0. The Morgan fingerprint density at radius 2 is 2.07 bits per heavy atom.